The molecule has 24 heavy (non-hydrogen) atoms. The van der Waals surface area contributed by atoms with Crippen molar-refractivity contribution in [1.82, 2.24) is 10.2 Å². The van der Waals surface area contributed by atoms with Gasteiger partial charge in [0.1, 0.15) is 0 Å². The van der Waals surface area contributed by atoms with Crippen molar-refractivity contribution in [2.75, 3.05) is 18.4 Å². The fourth-order valence-electron chi connectivity index (χ4n) is 3.21. The average Bonchev–Trinajstić information content (AvgIpc) is 3.24. The van der Waals surface area contributed by atoms with Crippen molar-refractivity contribution in [1.29, 1.82) is 0 Å². The molecule has 1 aliphatic rings. The topological polar surface area (TPSA) is 27.3 Å². The number of hydrogen-bond donors (Lipinski definition) is 2. The highest BCUT2D eigenvalue weighted by Gasteiger charge is 2.29. The number of thiophene rings is 1. The van der Waals surface area contributed by atoms with Crippen molar-refractivity contribution in [2.24, 2.45) is 0 Å². The summed E-state index contributed by atoms with van der Waals surface area (Å²) in [4.78, 5) is 3.96. The smallest absolute Gasteiger partial charge is 0.171 e. The van der Waals surface area contributed by atoms with Crippen molar-refractivity contribution in [2.45, 2.75) is 31.8 Å². The molecule has 0 radical (unpaired) electrons. The van der Waals surface area contributed by atoms with E-state index >= 15 is 0 Å². The molecular formula is C18H22ClN3S2. The van der Waals surface area contributed by atoms with Gasteiger partial charge in [-0.15, -0.1) is 11.3 Å². The molecule has 1 aromatic carbocycles. The summed E-state index contributed by atoms with van der Waals surface area (Å²) in [6, 6.07) is 12.5. The van der Waals surface area contributed by atoms with Gasteiger partial charge in [-0.1, -0.05) is 17.7 Å². The Morgan fingerprint density at radius 1 is 1.21 bits per heavy atom. The second-order valence-electron chi connectivity index (χ2n) is 6.10. The van der Waals surface area contributed by atoms with Crippen molar-refractivity contribution >= 4 is 46.0 Å². The largest absolute Gasteiger partial charge is 0.358 e. The van der Waals surface area contributed by atoms with Crippen LogP contribution in [0.2, 0.25) is 5.02 Å². The third-order valence-corrected chi connectivity index (χ3v) is 5.72. The molecular weight excluding hydrogens is 358 g/mol. The summed E-state index contributed by atoms with van der Waals surface area (Å²) in [7, 11) is 0. The molecule has 2 N–H and O–H groups in total. The lowest BCUT2D eigenvalue weighted by atomic mass is 10.1. The van der Waals surface area contributed by atoms with E-state index in [0.29, 0.717) is 11.2 Å². The fraction of sp³-hybridized carbons (Fsp3) is 0.389. The van der Waals surface area contributed by atoms with E-state index in [1.54, 1.807) is 0 Å². The molecule has 3 nitrogen and oxygen atoms in total. The van der Waals surface area contributed by atoms with E-state index in [-0.39, 0.29) is 6.04 Å². The monoisotopic (exact) mass is 379 g/mol. The Bertz CT molecular complexity index is 651. The average molecular weight is 380 g/mol. The molecule has 1 aromatic heterocycles. The number of likely N-dealkylation sites (tertiary alicyclic amines) is 1. The molecule has 0 amide bonds. The third kappa shape index (κ3) is 4.48. The van der Waals surface area contributed by atoms with Gasteiger partial charge in [-0.05, 0) is 80.8 Å². The van der Waals surface area contributed by atoms with Gasteiger partial charge < -0.3 is 10.6 Å². The minimum atomic E-state index is 0.231. The number of hydrogen-bond acceptors (Lipinski definition) is 3. The molecule has 0 bridgehead atoms. The predicted octanol–water partition coefficient (Wildman–Crippen LogP) is 4.91. The zero-order valence-corrected chi connectivity index (χ0v) is 16.1. The van der Waals surface area contributed by atoms with E-state index in [4.69, 9.17) is 23.8 Å². The first-order valence-corrected chi connectivity index (χ1v) is 9.90. The summed E-state index contributed by atoms with van der Waals surface area (Å²) in [5.41, 5.74) is 0.943. The molecule has 1 fully saturated rings. The third-order valence-electron chi connectivity index (χ3n) is 4.30. The van der Waals surface area contributed by atoms with E-state index in [9.17, 15) is 0 Å². The van der Waals surface area contributed by atoms with Crippen molar-refractivity contribution in [3.05, 3.63) is 51.7 Å². The van der Waals surface area contributed by atoms with E-state index < -0.39 is 0 Å². The summed E-state index contributed by atoms with van der Waals surface area (Å²) in [5.74, 6) is 0. The molecule has 3 rings (SSSR count). The molecule has 0 aliphatic carbocycles. The SMILES string of the molecule is C[C@@H](NC(=S)Nc1ccc(Cl)cc1)[C@H](c1cccs1)N1CCCC1. The highest BCUT2D eigenvalue weighted by molar-refractivity contribution is 7.80. The lowest BCUT2D eigenvalue weighted by Crippen LogP contribution is -2.45. The summed E-state index contributed by atoms with van der Waals surface area (Å²) < 4.78 is 0. The van der Waals surface area contributed by atoms with Gasteiger partial charge in [-0.25, -0.2) is 0 Å². The Labute approximate surface area is 158 Å². The Hall–Kier alpha value is -1.14. The first-order valence-electron chi connectivity index (χ1n) is 8.24. The summed E-state index contributed by atoms with van der Waals surface area (Å²) in [6.07, 6.45) is 2.56. The highest BCUT2D eigenvalue weighted by Crippen LogP contribution is 2.31. The first kappa shape index (κ1) is 17.7. The van der Waals surface area contributed by atoms with Crippen LogP contribution in [0.3, 0.4) is 0 Å². The summed E-state index contributed by atoms with van der Waals surface area (Å²) in [6.45, 7) is 4.52. The number of nitrogens with zero attached hydrogens (tertiary/aromatic N) is 1. The van der Waals surface area contributed by atoms with E-state index in [1.807, 2.05) is 35.6 Å². The standard InChI is InChI=1S/C18H22ClN3S2/c1-13(20-18(23)21-15-8-6-14(19)7-9-15)17(16-5-4-12-24-16)22-10-2-3-11-22/h4-9,12-13,17H,2-3,10-11H2,1H3,(H2,20,21,23)/t13-,17-/m1/s1. The zero-order valence-electron chi connectivity index (χ0n) is 13.7. The Balaban J connectivity index is 1.65. The summed E-state index contributed by atoms with van der Waals surface area (Å²) >= 11 is 13.2. The molecule has 2 atom stereocenters. The highest BCUT2D eigenvalue weighted by atomic mass is 35.5. The predicted molar refractivity (Wildman–Crippen MR) is 108 cm³/mol. The van der Waals surface area contributed by atoms with Crippen molar-refractivity contribution < 1.29 is 0 Å². The Kier molecular flexibility index (Phi) is 6.11. The summed E-state index contributed by atoms with van der Waals surface area (Å²) in [5, 5.41) is 10.2. The van der Waals surface area contributed by atoms with Crippen LogP contribution in [0.15, 0.2) is 41.8 Å². The van der Waals surface area contributed by atoms with Crippen LogP contribution in [-0.2, 0) is 0 Å². The van der Waals surface area contributed by atoms with Crippen LogP contribution in [-0.4, -0.2) is 29.1 Å². The van der Waals surface area contributed by atoms with Crippen LogP contribution in [0.4, 0.5) is 5.69 Å². The molecule has 1 saturated heterocycles. The van der Waals surface area contributed by atoms with Gasteiger partial charge in [0.05, 0.1) is 6.04 Å². The molecule has 2 aromatic rings. The Morgan fingerprint density at radius 3 is 2.54 bits per heavy atom. The minimum absolute atomic E-state index is 0.231. The van der Waals surface area contributed by atoms with Crippen LogP contribution in [0.25, 0.3) is 0 Å². The van der Waals surface area contributed by atoms with E-state index in [1.165, 1.54) is 17.7 Å². The first-order chi connectivity index (χ1) is 11.6. The van der Waals surface area contributed by atoms with Crippen molar-refractivity contribution in [3.63, 3.8) is 0 Å². The number of halogens is 1. The number of rotatable bonds is 5. The maximum Gasteiger partial charge on any atom is 0.171 e. The molecule has 128 valence electrons. The van der Waals surface area contributed by atoms with Crippen LogP contribution < -0.4 is 10.6 Å². The maximum atomic E-state index is 5.92. The molecule has 0 saturated carbocycles. The second kappa shape index (κ2) is 8.30. The molecule has 0 unspecified atom stereocenters. The molecule has 1 aliphatic heterocycles. The van der Waals surface area contributed by atoms with Crippen LogP contribution in [0, 0.1) is 0 Å². The van der Waals surface area contributed by atoms with Gasteiger partial charge in [0.15, 0.2) is 5.11 Å². The van der Waals surface area contributed by atoms with Crippen molar-refractivity contribution in [3.8, 4) is 0 Å². The second-order valence-corrected chi connectivity index (χ2v) is 7.92. The number of nitrogens with one attached hydrogen (secondary N) is 2. The zero-order chi connectivity index (χ0) is 16.9. The Morgan fingerprint density at radius 2 is 1.92 bits per heavy atom. The minimum Gasteiger partial charge on any atom is -0.358 e. The van der Waals surface area contributed by atoms with Gasteiger partial charge in [0, 0.05) is 21.6 Å². The number of anilines is 1. The van der Waals surface area contributed by atoms with Crippen LogP contribution >= 0.6 is 35.2 Å². The number of thiocarbonyl (C=S) groups is 1. The van der Waals surface area contributed by atoms with Gasteiger partial charge >= 0.3 is 0 Å². The molecule has 2 heterocycles. The van der Waals surface area contributed by atoms with Gasteiger partial charge in [-0.3, -0.25) is 4.90 Å². The van der Waals surface area contributed by atoms with E-state index in [2.05, 4.69) is 40.0 Å². The normalized spacial score (nSPS) is 17.4. The van der Waals surface area contributed by atoms with Gasteiger partial charge in [0.2, 0.25) is 0 Å². The fourth-order valence-corrected chi connectivity index (χ4v) is 4.60. The lowest BCUT2D eigenvalue weighted by Gasteiger charge is -2.33. The maximum absolute atomic E-state index is 5.92. The quantitative estimate of drug-likeness (QED) is 0.721. The van der Waals surface area contributed by atoms with Crippen LogP contribution in [0.5, 0.6) is 0 Å². The number of benzene rings is 1. The van der Waals surface area contributed by atoms with Crippen LogP contribution in [0.1, 0.15) is 30.7 Å². The lowest BCUT2D eigenvalue weighted by molar-refractivity contribution is 0.214. The molecule has 0 spiro atoms. The van der Waals surface area contributed by atoms with E-state index in [0.717, 1.165) is 23.8 Å². The van der Waals surface area contributed by atoms with Gasteiger partial charge in [-0.2, -0.15) is 0 Å². The molecule has 6 heteroatoms. The van der Waals surface area contributed by atoms with Gasteiger partial charge in [0.25, 0.3) is 0 Å².